The van der Waals surface area contributed by atoms with Gasteiger partial charge in [-0.2, -0.15) is 0 Å². The van der Waals surface area contributed by atoms with E-state index in [1.165, 1.54) is 22.5 Å². The Morgan fingerprint density at radius 1 is 1.04 bits per heavy atom. The van der Waals surface area contributed by atoms with Gasteiger partial charge in [0.15, 0.2) is 5.13 Å². The summed E-state index contributed by atoms with van der Waals surface area (Å²) in [7, 11) is 0. The number of nitrogens with one attached hydrogen (secondary N) is 1. The average molecular weight is 381 g/mol. The number of aromatic nitrogens is 1. The number of nitrogens with zero attached hydrogens (tertiary/aromatic N) is 3. The minimum absolute atomic E-state index is 0.0149. The molecule has 0 spiro atoms. The van der Waals surface area contributed by atoms with Crippen molar-refractivity contribution < 1.29 is 4.79 Å². The van der Waals surface area contributed by atoms with E-state index in [-0.39, 0.29) is 5.91 Å². The molecule has 1 fully saturated rings. The Morgan fingerprint density at radius 2 is 1.74 bits per heavy atom. The molecule has 27 heavy (non-hydrogen) atoms. The molecule has 3 aromatic rings. The average Bonchev–Trinajstić information content (AvgIpc) is 3.07. The summed E-state index contributed by atoms with van der Waals surface area (Å²) in [5.41, 5.74) is 3.58. The first kappa shape index (κ1) is 18.1. The van der Waals surface area contributed by atoms with Gasteiger partial charge in [0.1, 0.15) is 0 Å². The maximum atomic E-state index is 12.4. The second kappa shape index (κ2) is 8.17. The number of carbonyl (C=O) groups is 1. The lowest BCUT2D eigenvalue weighted by atomic mass is 10.1. The summed E-state index contributed by atoms with van der Waals surface area (Å²) in [6.07, 6.45) is 0. The van der Waals surface area contributed by atoms with E-state index >= 15 is 0 Å². The lowest BCUT2D eigenvalue weighted by Gasteiger charge is -2.34. The van der Waals surface area contributed by atoms with Gasteiger partial charge in [-0.05, 0) is 24.6 Å². The molecule has 0 unspecified atom stereocenters. The largest absolute Gasteiger partial charge is 0.301 e. The number of thiazole rings is 1. The van der Waals surface area contributed by atoms with Crippen LogP contribution in [0.25, 0.3) is 10.2 Å². The van der Waals surface area contributed by atoms with Crippen molar-refractivity contribution >= 4 is 32.6 Å². The van der Waals surface area contributed by atoms with Crippen molar-refractivity contribution in [1.29, 1.82) is 0 Å². The number of carbonyl (C=O) groups excluding carboxylic acids is 1. The van der Waals surface area contributed by atoms with Gasteiger partial charge >= 0.3 is 0 Å². The molecule has 1 saturated heterocycles. The molecule has 0 atom stereocenters. The molecular weight excluding hydrogens is 356 g/mol. The molecule has 1 amide bonds. The molecule has 1 aromatic heterocycles. The van der Waals surface area contributed by atoms with Crippen LogP contribution in [0.5, 0.6) is 0 Å². The predicted octanol–water partition coefficient (Wildman–Crippen LogP) is 3.36. The Labute approximate surface area is 163 Å². The molecule has 1 N–H and O–H groups in total. The van der Waals surface area contributed by atoms with Crippen molar-refractivity contribution in [2.75, 3.05) is 38.0 Å². The number of para-hydroxylation sites is 1. The monoisotopic (exact) mass is 380 g/mol. The fourth-order valence-corrected chi connectivity index (χ4v) is 4.23. The van der Waals surface area contributed by atoms with E-state index in [9.17, 15) is 4.79 Å². The Hall–Kier alpha value is -2.28. The van der Waals surface area contributed by atoms with Crippen molar-refractivity contribution in [2.24, 2.45) is 0 Å². The zero-order valence-electron chi connectivity index (χ0n) is 15.5. The quantitative estimate of drug-likeness (QED) is 0.737. The van der Waals surface area contributed by atoms with Gasteiger partial charge < -0.3 is 5.32 Å². The predicted molar refractivity (Wildman–Crippen MR) is 111 cm³/mol. The molecule has 0 aliphatic carbocycles. The third kappa shape index (κ3) is 4.71. The Morgan fingerprint density at radius 3 is 2.48 bits per heavy atom. The van der Waals surface area contributed by atoms with Crippen LogP contribution >= 0.6 is 11.3 Å². The van der Waals surface area contributed by atoms with Crippen molar-refractivity contribution in [2.45, 2.75) is 13.5 Å². The first-order valence-electron chi connectivity index (χ1n) is 9.31. The zero-order valence-corrected chi connectivity index (χ0v) is 16.3. The smallest absolute Gasteiger partial charge is 0.240 e. The number of hydrogen-bond donors (Lipinski definition) is 1. The van der Waals surface area contributed by atoms with Gasteiger partial charge in [-0.1, -0.05) is 53.3 Å². The second-order valence-electron chi connectivity index (χ2n) is 7.07. The van der Waals surface area contributed by atoms with Gasteiger partial charge in [0, 0.05) is 32.7 Å². The van der Waals surface area contributed by atoms with E-state index < -0.39 is 0 Å². The maximum absolute atomic E-state index is 12.4. The number of rotatable bonds is 5. The van der Waals surface area contributed by atoms with Crippen LogP contribution in [0.2, 0.25) is 0 Å². The summed E-state index contributed by atoms with van der Waals surface area (Å²) < 4.78 is 1.09. The molecular formula is C21H24N4OS. The molecule has 0 bridgehead atoms. The van der Waals surface area contributed by atoms with Crippen molar-refractivity contribution in [3.05, 3.63) is 59.7 Å². The zero-order chi connectivity index (χ0) is 18.6. The number of piperazine rings is 1. The van der Waals surface area contributed by atoms with Gasteiger partial charge in [0.25, 0.3) is 0 Å². The van der Waals surface area contributed by atoms with Crippen LogP contribution in [0, 0.1) is 6.92 Å². The summed E-state index contributed by atoms with van der Waals surface area (Å²) in [5.74, 6) is 0.0149. The van der Waals surface area contributed by atoms with Crippen molar-refractivity contribution in [3.8, 4) is 0 Å². The van der Waals surface area contributed by atoms with Gasteiger partial charge in [-0.25, -0.2) is 4.98 Å². The van der Waals surface area contributed by atoms with E-state index in [4.69, 9.17) is 0 Å². The summed E-state index contributed by atoms with van der Waals surface area (Å²) in [5, 5.41) is 3.63. The van der Waals surface area contributed by atoms with E-state index in [2.05, 4.69) is 51.3 Å². The molecule has 1 aliphatic rings. The highest BCUT2D eigenvalue weighted by Crippen LogP contribution is 2.25. The van der Waals surface area contributed by atoms with Crippen LogP contribution < -0.4 is 5.32 Å². The molecule has 1 aliphatic heterocycles. The highest BCUT2D eigenvalue weighted by Gasteiger charge is 2.19. The first-order valence-corrected chi connectivity index (χ1v) is 10.1. The molecule has 2 aromatic carbocycles. The maximum Gasteiger partial charge on any atom is 0.240 e. The normalized spacial score (nSPS) is 15.9. The standard InChI is InChI=1S/C21H24N4OS/c1-16-6-8-17(9-7-16)14-24-10-12-25(13-11-24)15-20(26)23-21-22-18-4-2-3-5-19(18)27-21/h2-9H,10-15H2,1H3,(H,22,23,26). The Bertz CT molecular complexity index is 880. The SMILES string of the molecule is Cc1ccc(CN2CCN(CC(=O)Nc3nc4ccccc4s3)CC2)cc1. The minimum atomic E-state index is 0.0149. The van der Waals surface area contributed by atoms with Crippen LogP contribution in [-0.2, 0) is 11.3 Å². The number of fused-ring (bicyclic) bond motifs is 1. The highest BCUT2D eigenvalue weighted by molar-refractivity contribution is 7.22. The van der Waals surface area contributed by atoms with Gasteiger partial charge in [0.2, 0.25) is 5.91 Å². The van der Waals surface area contributed by atoms with Crippen LogP contribution in [0.4, 0.5) is 5.13 Å². The van der Waals surface area contributed by atoms with Crippen LogP contribution in [-0.4, -0.2) is 53.4 Å². The van der Waals surface area contributed by atoms with Crippen LogP contribution in [0.1, 0.15) is 11.1 Å². The van der Waals surface area contributed by atoms with Crippen LogP contribution in [0.3, 0.4) is 0 Å². The number of amides is 1. The van der Waals surface area contributed by atoms with Crippen molar-refractivity contribution in [3.63, 3.8) is 0 Å². The fraction of sp³-hybridized carbons (Fsp3) is 0.333. The second-order valence-corrected chi connectivity index (χ2v) is 8.10. The Balaban J connectivity index is 1.24. The Kier molecular flexibility index (Phi) is 5.48. The lowest BCUT2D eigenvalue weighted by Crippen LogP contribution is -2.48. The van der Waals surface area contributed by atoms with Gasteiger partial charge in [0.05, 0.1) is 16.8 Å². The van der Waals surface area contributed by atoms with Crippen molar-refractivity contribution in [1.82, 2.24) is 14.8 Å². The molecule has 0 radical (unpaired) electrons. The van der Waals surface area contributed by atoms with E-state index in [1.807, 2.05) is 24.3 Å². The molecule has 2 heterocycles. The summed E-state index contributed by atoms with van der Waals surface area (Å²) >= 11 is 1.52. The molecule has 0 saturated carbocycles. The molecule has 6 heteroatoms. The minimum Gasteiger partial charge on any atom is -0.301 e. The third-order valence-corrected chi connectivity index (χ3v) is 5.85. The van der Waals surface area contributed by atoms with Gasteiger partial charge in [-0.15, -0.1) is 0 Å². The number of anilines is 1. The number of benzene rings is 2. The topological polar surface area (TPSA) is 48.5 Å². The van der Waals surface area contributed by atoms with Gasteiger partial charge in [-0.3, -0.25) is 14.6 Å². The first-order chi connectivity index (χ1) is 13.2. The third-order valence-electron chi connectivity index (χ3n) is 4.90. The lowest BCUT2D eigenvalue weighted by molar-refractivity contribution is -0.117. The van der Waals surface area contributed by atoms with E-state index in [0.29, 0.717) is 11.7 Å². The molecule has 4 rings (SSSR count). The highest BCUT2D eigenvalue weighted by atomic mass is 32.1. The summed E-state index contributed by atoms with van der Waals surface area (Å²) in [6.45, 7) is 7.32. The fourth-order valence-electron chi connectivity index (χ4n) is 3.34. The molecule has 140 valence electrons. The summed E-state index contributed by atoms with van der Waals surface area (Å²) in [6, 6.07) is 16.7. The van der Waals surface area contributed by atoms with E-state index in [1.54, 1.807) is 0 Å². The molecule has 5 nitrogen and oxygen atoms in total. The number of hydrogen-bond acceptors (Lipinski definition) is 5. The van der Waals surface area contributed by atoms with Crippen LogP contribution in [0.15, 0.2) is 48.5 Å². The van der Waals surface area contributed by atoms with E-state index in [0.717, 1.165) is 42.9 Å². The number of aryl methyl sites for hydroxylation is 1. The summed E-state index contributed by atoms with van der Waals surface area (Å²) in [4.78, 5) is 21.5.